The van der Waals surface area contributed by atoms with Crippen LogP contribution in [-0.2, 0) is 9.59 Å². The van der Waals surface area contributed by atoms with E-state index in [-0.39, 0.29) is 30.6 Å². The number of amides is 1. The minimum atomic E-state index is -2.14. The largest absolute Gasteiger partial charge is 0.449 e. The van der Waals surface area contributed by atoms with Crippen molar-refractivity contribution >= 4 is 17.8 Å². The number of hydrogen-bond donors (Lipinski definition) is 3. The van der Waals surface area contributed by atoms with Crippen molar-refractivity contribution < 1.29 is 24.2 Å². The lowest BCUT2D eigenvalue weighted by Crippen LogP contribution is -2.51. The minimum absolute atomic E-state index is 0.147. The van der Waals surface area contributed by atoms with Gasteiger partial charge in [0, 0.05) is 24.7 Å². The van der Waals surface area contributed by atoms with E-state index in [0.717, 1.165) is 24.0 Å². The summed E-state index contributed by atoms with van der Waals surface area (Å²) in [5, 5.41) is 25.7. The molecule has 0 aromatic carbocycles. The number of rotatable bonds is 4. The van der Waals surface area contributed by atoms with Gasteiger partial charge in [0.15, 0.2) is 11.7 Å². The Bertz CT molecular complexity index is 1060. The summed E-state index contributed by atoms with van der Waals surface area (Å²) in [6.45, 7) is 15.1. The predicted octanol–water partition coefficient (Wildman–Crippen LogP) is 6.06. The van der Waals surface area contributed by atoms with E-state index in [4.69, 9.17) is 4.42 Å². The molecule has 0 bridgehead atoms. The van der Waals surface area contributed by atoms with Gasteiger partial charge in [0.25, 0.3) is 0 Å². The second kappa shape index (κ2) is 13.5. The molecule has 3 N–H and O–H groups in total. The third-order valence-corrected chi connectivity index (χ3v) is 7.77. The van der Waals surface area contributed by atoms with Crippen LogP contribution in [0.1, 0.15) is 105 Å². The molecule has 1 amide bonds. The maximum Gasteiger partial charge on any atom is 0.220 e. The molecule has 1 aromatic rings. The number of carbonyl (C=O) groups excluding carboxylic acids is 2. The van der Waals surface area contributed by atoms with Gasteiger partial charge in [-0.3, -0.25) is 9.59 Å². The number of oxazole rings is 1. The fourth-order valence-corrected chi connectivity index (χ4v) is 4.92. The lowest BCUT2D eigenvalue weighted by Gasteiger charge is -2.39. The standard InChI is InChI=1S/C31H48N2O5/c1-20(2)12-14-26-29(35)30(7,8)17-16-28(34)33-27(22(4)18-25-19-38-24(6)32-25)15-13-21(3)10-9-11-23(5)31(26,36)37/h12-13,18-19,23,26-27,36-37H,9-11,14-17H2,1-8H3,(H,33,34). The first-order valence-corrected chi connectivity index (χ1v) is 13.8. The van der Waals surface area contributed by atoms with Crippen LogP contribution in [0.5, 0.6) is 0 Å². The maximum atomic E-state index is 13.8. The van der Waals surface area contributed by atoms with E-state index in [9.17, 15) is 19.8 Å². The monoisotopic (exact) mass is 528 g/mol. The molecule has 212 valence electrons. The van der Waals surface area contributed by atoms with Crippen molar-refractivity contribution in [3.05, 3.63) is 46.7 Å². The van der Waals surface area contributed by atoms with Gasteiger partial charge in [-0.05, 0) is 77.9 Å². The number of nitrogens with one attached hydrogen (secondary N) is 1. The quantitative estimate of drug-likeness (QED) is 0.324. The average molecular weight is 529 g/mol. The Kier molecular flexibility index (Phi) is 11.3. The fourth-order valence-electron chi connectivity index (χ4n) is 4.92. The van der Waals surface area contributed by atoms with Gasteiger partial charge in [-0.15, -0.1) is 0 Å². The number of aryl methyl sites for hydroxylation is 1. The van der Waals surface area contributed by atoms with E-state index >= 15 is 0 Å². The van der Waals surface area contributed by atoms with Crippen molar-refractivity contribution in [2.45, 2.75) is 112 Å². The molecule has 2 rings (SSSR count). The number of allylic oxidation sites excluding steroid dienone is 3. The molecular formula is C31H48N2O5. The molecule has 0 fully saturated rings. The van der Waals surface area contributed by atoms with E-state index in [1.807, 2.05) is 32.9 Å². The van der Waals surface area contributed by atoms with Gasteiger partial charge in [-0.1, -0.05) is 44.1 Å². The normalized spacial score (nSPS) is 25.9. The molecule has 38 heavy (non-hydrogen) atoms. The van der Waals surface area contributed by atoms with Crippen LogP contribution >= 0.6 is 0 Å². The molecule has 0 radical (unpaired) electrons. The summed E-state index contributed by atoms with van der Waals surface area (Å²) in [6.07, 6.45) is 11.0. The van der Waals surface area contributed by atoms with Crippen LogP contribution in [-0.4, -0.2) is 38.7 Å². The molecule has 7 heteroatoms. The number of aliphatic hydroxyl groups is 2. The summed E-state index contributed by atoms with van der Waals surface area (Å²) in [5.41, 5.74) is 2.96. The summed E-state index contributed by atoms with van der Waals surface area (Å²) in [4.78, 5) is 31.2. The molecular weight excluding hydrogens is 480 g/mol. The highest BCUT2D eigenvalue weighted by atomic mass is 16.5. The zero-order chi connectivity index (χ0) is 28.7. The highest BCUT2D eigenvalue weighted by Crippen LogP contribution is 2.38. The number of carbonyl (C=O) groups is 2. The Morgan fingerprint density at radius 2 is 1.87 bits per heavy atom. The first-order valence-electron chi connectivity index (χ1n) is 13.8. The minimum Gasteiger partial charge on any atom is -0.449 e. The molecule has 0 aliphatic carbocycles. The van der Waals surface area contributed by atoms with Crippen LogP contribution in [0, 0.1) is 24.2 Å². The molecule has 3 unspecified atom stereocenters. The molecule has 1 aliphatic heterocycles. The van der Waals surface area contributed by atoms with Gasteiger partial charge in [0.1, 0.15) is 17.7 Å². The molecule has 0 saturated heterocycles. The lowest BCUT2D eigenvalue weighted by molar-refractivity contribution is -0.233. The number of Topliss-reactive ketones (excluding diaryl/α,β-unsaturated/α-hetero) is 1. The lowest BCUT2D eigenvalue weighted by atomic mass is 9.70. The van der Waals surface area contributed by atoms with E-state index in [1.54, 1.807) is 34.0 Å². The molecule has 3 atom stereocenters. The van der Waals surface area contributed by atoms with Crippen molar-refractivity contribution in [3.63, 3.8) is 0 Å². The molecule has 1 aromatic heterocycles. The van der Waals surface area contributed by atoms with E-state index in [2.05, 4.69) is 23.3 Å². The fraction of sp³-hybridized carbons (Fsp3) is 0.645. The summed E-state index contributed by atoms with van der Waals surface area (Å²) >= 11 is 0. The highest BCUT2D eigenvalue weighted by Gasteiger charge is 2.47. The van der Waals surface area contributed by atoms with Crippen LogP contribution in [0.4, 0.5) is 0 Å². The van der Waals surface area contributed by atoms with E-state index < -0.39 is 23.0 Å². The van der Waals surface area contributed by atoms with Crippen molar-refractivity contribution in [1.29, 1.82) is 0 Å². The highest BCUT2D eigenvalue weighted by molar-refractivity contribution is 5.88. The van der Waals surface area contributed by atoms with Gasteiger partial charge in [-0.2, -0.15) is 0 Å². The number of hydrogen-bond acceptors (Lipinski definition) is 6. The Morgan fingerprint density at radius 3 is 2.47 bits per heavy atom. The van der Waals surface area contributed by atoms with Crippen molar-refractivity contribution in [1.82, 2.24) is 10.3 Å². The SMILES string of the molecule is CC(C)=CCC1C(=O)C(C)(C)CCC(=O)NC(C(C)=Cc2coc(C)n2)CC=C(C)CCCC(C)C1(O)O. The van der Waals surface area contributed by atoms with Crippen LogP contribution in [0.15, 0.2) is 39.6 Å². The second-order valence-corrected chi connectivity index (χ2v) is 12.0. The Balaban J connectivity index is 2.38. The third kappa shape index (κ3) is 9.05. The zero-order valence-electron chi connectivity index (χ0n) is 24.6. The summed E-state index contributed by atoms with van der Waals surface area (Å²) in [6, 6.07) is -0.215. The first kappa shape index (κ1) is 31.7. The summed E-state index contributed by atoms with van der Waals surface area (Å²) < 4.78 is 5.32. The van der Waals surface area contributed by atoms with Crippen molar-refractivity contribution in [2.24, 2.45) is 17.3 Å². The Hall–Kier alpha value is -2.51. The van der Waals surface area contributed by atoms with E-state index in [0.29, 0.717) is 30.8 Å². The zero-order valence-corrected chi connectivity index (χ0v) is 24.6. The number of ketones is 1. The molecule has 2 heterocycles. The second-order valence-electron chi connectivity index (χ2n) is 12.0. The van der Waals surface area contributed by atoms with Crippen molar-refractivity contribution in [3.8, 4) is 0 Å². The Labute approximate surface area is 228 Å². The van der Waals surface area contributed by atoms with Crippen LogP contribution < -0.4 is 5.32 Å². The van der Waals surface area contributed by atoms with Gasteiger partial charge >= 0.3 is 0 Å². The number of nitrogens with zero attached hydrogens (tertiary/aromatic N) is 1. The van der Waals surface area contributed by atoms with Crippen LogP contribution in [0.2, 0.25) is 0 Å². The molecule has 0 spiro atoms. The molecule has 0 saturated carbocycles. The molecule has 7 nitrogen and oxygen atoms in total. The van der Waals surface area contributed by atoms with Gasteiger partial charge in [0.2, 0.25) is 5.91 Å². The topological polar surface area (TPSA) is 113 Å². The predicted molar refractivity (Wildman–Crippen MR) is 151 cm³/mol. The van der Waals surface area contributed by atoms with Crippen molar-refractivity contribution in [2.75, 3.05) is 0 Å². The van der Waals surface area contributed by atoms with Gasteiger partial charge in [-0.25, -0.2) is 4.98 Å². The summed E-state index contributed by atoms with van der Waals surface area (Å²) in [5.74, 6) is -3.38. The smallest absolute Gasteiger partial charge is 0.220 e. The van der Waals surface area contributed by atoms with Gasteiger partial charge in [0.05, 0.1) is 12.0 Å². The Morgan fingerprint density at radius 1 is 1.18 bits per heavy atom. The first-order chi connectivity index (χ1) is 17.6. The molecule has 1 aliphatic rings. The van der Waals surface area contributed by atoms with Gasteiger partial charge < -0.3 is 19.9 Å². The van der Waals surface area contributed by atoms with E-state index in [1.165, 1.54) is 5.57 Å². The average Bonchev–Trinajstić information content (AvgIpc) is 3.23. The summed E-state index contributed by atoms with van der Waals surface area (Å²) in [7, 11) is 0. The van der Waals surface area contributed by atoms with Crippen LogP contribution in [0.3, 0.4) is 0 Å². The third-order valence-electron chi connectivity index (χ3n) is 7.77. The maximum absolute atomic E-state index is 13.8. The number of aromatic nitrogens is 1. The van der Waals surface area contributed by atoms with Crippen LogP contribution in [0.25, 0.3) is 6.08 Å².